The van der Waals surface area contributed by atoms with E-state index in [0.717, 1.165) is 36.6 Å². The van der Waals surface area contributed by atoms with E-state index in [1.54, 1.807) is 0 Å². The van der Waals surface area contributed by atoms with Gasteiger partial charge in [-0.3, -0.25) is 10.4 Å². The Balaban J connectivity index is 2.90. The molecule has 0 saturated heterocycles. The molecular formula is C15H26N4O2. The van der Waals surface area contributed by atoms with Crippen LogP contribution in [0.4, 0.5) is 5.69 Å². The summed E-state index contributed by atoms with van der Waals surface area (Å²) in [5, 5.41) is 3.15. The molecule has 6 nitrogen and oxygen atoms in total. The molecular weight excluding hydrogens is 268 g/mol. The third-order valence-corrected chi connectivity index (χ3v) is 2.73. The minimum absolute atomic E-state index is 0.512. The average molecular weight is 294 g/mol. The Morgan fingerprint density at radius 2 is 1.95 bits per heavy atom. The van der Waals surface area contributed by atoms with E-state index in [0.29, 0.717) is 19.2 Å². The van der Waals surface area contributed by atoms with Crippen LogP contribution >= 0.6 is 0 Å². The van der Waals surface area contributed by atoms with Crippen LogP contribution in [0, 0.1) is 0 Å². The van der Waals surface area contributed by atoms with Crippen molar-refractivity contribution in [1.82, 2.24) is 5.43 Å². The highest BCUT2D eigenvalue weighted by atomic mass is 16.5. The highest BCUT2D eigenvalue weighted by Crippen LogP contribution is 2.29. The van der Waals surface area contributed by atoms with Gasteiger partial charge in [0.1, 0.15) is 11.5 Å². The van der Waals surface area contributed by atoms with E-state index in [2.05, 4.69) is 22.7 Å². The predicted octanol–water partition coefficient (Wildman–Crippen LogP) is 2.52. The lowest BCUT2D eigenvalue weighted by atomic mass is 10.2. The van der Waals surface area contributed by atoms with Gasteiger partial charge >= 0.3 is 0 Å². The van der Waals surface area contributed by atoms with E-state index in [-0.39, 0.29) is 0 Å². The Hall–Kier alpha value is -1.95. The zero-order valence-electron chi connectivity index (χ0n) is 13.1. The molecule has 1 aromatic rings. The number of guanidine groups is 1. The highest BCUT2D eigenvalue weighted by molar-refractivity contribution is 5.94. The van der Waals surface area contributed by atoms with E-state index in [9.17, 15) is 0 Å². The number of hydrogen-bond acceptors (Lipinski definition) is 4. The molecule has 0 spiro atoms. The summed E-state index contributed by atoms with van der Waals surface area (Å²) in [6.07, 6.45) is 2.11. The Morgan fingerprint density at radius 1 is 1.19 bits per heavy atom. The smallest absolute Gasteiger partial charge is 0.210 e. The molecule has 4 N–H and O–H groups in total. The summed E-state index contributed by atoms with van der Waals surface area (Å²) in [5.41, 5.74) is 3.35. The predicted molar refractivity (Wildman–Crippen MR) is 86.9 cm³/mol. The number of unbranched alkanes of at least 4 members (excludes halogenated alkanes) is 1. The van der Waals surface area contributed by atoms with E-state index in [4.69, 9.17) is 15.3 Å². The van der Waals surface area contributed by atoms with Crippen LogP contribution in [-0.2, 0) is 0 Å². The number of ether oxygens (including phenoxy) is 2. The summed E-state index contributed by atoms with van der Waals surface area (Å²) < 4.78 is 11.1. The summed E-state index contributed by atoms with van der Waals surface area (Å²) >= 11 is 0. The van der Waals surface area contributed by atoms with Crippen LogP contribution in [0.1, 0.15) is 33.6 Å². The van der Waals surface area contributed by atoms with Gasteiger partial charge in [0.2, 0.25) is 5.96 Å². The standard InChI is InChI=1S/C15H26N4O2/c1-4-7-10-17-15(19-16)18-13-11-12(20-5-2)8-9-14(13)21-6-3/h8-9,11H,4-7,10,16H2,1-3H3,(H2,17,18,19). The summed E-state index contributed by atoms with van der Waals surface area (Å²) in [7, 11) is 0. The Kier molecular flexibility index (Phi) is 8.04. The normalized spacial score (nSPS) is 11.1. The van der Waals surface area contributed by atoms with Gasteiger partial charge in [0.05, 0.1) is 18.9 Å². The lowest BCUT2D eigenvalue weighted by Gasteiger charge is -2.15. The van der Waals surface area contributed by atoms with Crippen molar-refractivity contribution in [2.45, 2.75) is 33.6 Å². The lowest BCUT2D eigenvalue weighted by molar-refractivity contribution is 0.332. The van der Waals surface area contributed by atoms with Crippen LogP contribution in [0.25, 0.3) is 0 Å². The molecule has 0 amide bonds. The van der Waals surface area contributed by atoms with Crippen LogP contribution in [0.3, 0.4) is 0 Å². The molecule has 0 bridgehead atoms. The minimum Gasteiger partial charge on any atom is -0.494 e. The first kappa shape index (κ1) is 17.1. The summed E-state index contributed by atoms with van der Waals surface area (Å²) in [6.45, 7) is 7.93. The molecule has 0 fully saturated rings. The monoisotopic (exact) mass is 294 g/mol. The molecule has 6 heteroatoms. The molecule has 0 radical (unpaired) electrons. The average Bonchev–Trinajstić information content (AvgIpc) is 2.49. The summed E-state index contributed by atoms with van der Waals surface area (Å²) in [6, 6.07) is 5.63. The van der Waals surface area contributed by atoms with Crippen molar-refractivity contribution in [2.24, 2.45) is 10.8 Å². The highest BCUT2D eigenvalue weighted by Gasteiger charge is 2.08. The van der Waals surface area contributed by atoms with Crippen LogP contribution in [0.5, 0.6) is 11.5 Å². The first-order valence-corrected chi connectivity index (χ1v) is 7.42. The van der Waals surface area contributed by atoms with Gasteiger partial charge in [-0.1, -0.05) is 13.3 Å². The van der Waals surface area contributed by atoms with Crippen molar-refractivity contribution in [2.75, 3.05) is 25.1 Å². The third kappa shape index (κ3) is 5.91. The quantitative estimate of drug-likeness (QED) is 0.226. The topological polar surface area (TPSA) is 80.9 Å². The fourth-order valence-electron chi connectivity index (χ4n) is 1.74. The van der Waals surface area contributed by atoms with Crippen molar-refractivity contribution >= 4 is 11.6 Å². The largest absolute Gasteiger partial charge is 0.494 e. The van der Waals surface area contributed by atoms with Gasteiger partial charge in [0.15, 0.2) is 0 Å². The van der Waals surface area contributed by atoms with Crippen LogP contribution in [-0.4, -0.2) is 25.7 Å². The van der Waals surface area contributed by atoms with Crippen LogP contribution < -0.4 is 26.1 Å². The minimum atomic E-state index is 0.512. The second-order valence-corrected chi connectivity index (χ2v) is 4.38. The zero-order valence-corrected chi connectivity index (χ0v) is 13.1. The van der Waals surface area contributed by atoms with Gasteiger partial charge in [-0.05, 0) is 32.4 Å². The van der Waals surface area contributed by atoms with Gasteiger partial charge < -0.3 is 14.8 Å². The first-order chi connectivity index (χ1) is 10.2. The van der Waals surface area contributed by atoms with Gasteiger partial charge in [0, 0.05) is 12.6 Å². The number of rotatable bonds is 8. The summed E-state index contributed by atoms with van der Waals surface area (Å²) in [5.74, 6) is 7.53. The molecule has 0 aliphatic carbocycles. The van der Waals surface area contributed by atoms with Crippen LogP contribution in [0.2, 0.25) is 0 Å². The van der Waals surface area contributed by atoms with Gasteiger partial charge in [0.25, 0.3) is 0 Å². The number of nitrogens with one attached hydrogen (secondary N) is 2. The van der Waals surface area contributed by atoms with E-state index in [1.807, 2.05) is 32.0 Å². The van der Waals surface area contributed by atoms with Crippen molar-refractivity contribution < 1.29 is 9.47 Å². The molecule has 0 aromatic heterocycles. The van der Waals surface area contributed by atoms with Gasteiger partial charge in [-0.15, -0.1) is 0 Å². The second kappa shape index (κ2) is 9.88. The molecule has 0 atom stereocenters. The SMILES string of the molecule is CCCCN=C(NN)Nc1cc(OCC)ccc1OCC. The number of hydrogen-bond donors (Lipinski definition) is 3. The molecule has 0 aliphatic rings. The van der Waals surface area contributed by atoms with Gasteiger partial charge in [-0.25, -0.2) is 5.84 Å². The maximum Gasteiger partial charge on any atom is 0.210 e. The maximum atomic E-state index is 5.60. The molecule has 0 saturated carbocycles. The molecule has 21 heavy (non-hydrogen) atoms. The Bertz CT molecular complexity index is 449. The molecule has 1 rings (SSSR count). The molecule has 0 unspecified atom stereocenters. The second-order valence-electron chi connectivity index (χ2n) is 4.38. The molecule has 0 heterocycles. The molecule has 118 valence electrons. The van der Waals surface area contributed by atoms with Gasteiger partial charge in [-0.2, -0.15) is 0 Å². The number of nitrogens with zero attached hydrogens (tertiary/aromatic N) is 1. The van der Waals surface area contributed by atoms with Crippen molar-refractivity contribution in [1.29, 1.82) is 0 Å². The fourth-order valence-corrected chi connectivity index (χ4v) is 1.74. The Labute approximate surface area is 126 Å². The number of nitrogens with two attached hydrogens (primary N) is 1. The van der Waals surface area contributed by atoms with Crippen molar-refractivity contribution in [3.05, 3.63) is 18.2 Å². The lowest BCUT2D eigenvalue weighted by Crippen LogP contribution is -2.36. The number of anilines is 1. The number of benzene rings is 1. The molecule has 1 aromatic carbocycles. The number of aliphatic imine (C=N–C) groups is 1. The first-order valence-electron chi connectivity index (χ1n) is 7.42. The Morgan fingerprint density at radius 3 is 2.57 bits per heavy atom. The number of hydrazine groups is 1. The molecule has 0 aliphatic heterocycles. The van der Waals surface area contributed by atoms with Crippen molar-refractivity contribution in [3.63, 3.8) is 0 Å². The summed E-state index contributed by atoms with van der Waals surface area (Å²) in [4.78, 5) is 4.38. The van der Waals surface area contributed by atoms with Crippen LogP contribution in [0.15, 0.2) is 23.2 Å². The van der Waals surface area contributed by atoms with Crippen molar-refractivity contribution in [3.8, 4) is 11.5 Å². The fraction of sp³-hybridized carbons (Fsp3) is 0.533. The zero-order chi connectivity index (χ0) is 15.5. The van der Waals surface area contributed by atoms with E-state index >= 15 is 0 Å². The van der Waals surface area contributed by atoms with E-state index in [1.165, 1.54) is 0 Å². The van der Waals surface area contributed by atoms with E-state index < -0.39 is 0 Å². The maximum absolute atomic E-state index is 5.60. The third-order valence-electron chi connectivity index (χ3n) is 2.73.